The molecule has 2 aliphatic heterocycles. The van der Waals surface area contributed by atoms with Gasteiger partial charge in [0.25, 0.3) is 0 Å². The number of rotatable bonds is 1. The predicted molar refractivity (Wildman–Crippen MR) is 65.1 cm³/mol. The molecule has 1 amide bonds. The van der Waals surface area contributed by atoms with Crippen LogP contribution < -0.4 is 10.2 Å². The number of ether oxygens (including phenoxy) is 1. The van der Waals surface area contributed by atoms with Crippen LogP contribution in [0.2, 0.25) is 0 Å². The summed E-state index contributed by atoms with van der Waals surface area (Å²) in [6, 6.07) is 7.93. The minimum atomic E-state index is -0.185. The zero-order valence-electron chi connectivity index (χ0n) is 9.69. The fraction of sp³-hybridized carbons (Fsp3) is 0.462. The molecule has 0 bridgehead atoms. The molecule has 0 aromatic heterocycles. The molecule has 17 heavy (non-hydrogen) atoms. The Balaban J connectivity index is 1.79. The molecule has 90 valence electrons. The van der Waals surface area contributed by atoms with Gasteiger partial charge in [-0.3, -0.25) is 4.79 Å². The number of nitrogens with zero attached hydrogens (tertiary/aromatic N) is 1. The molecule has 4 nitrogen and oxygen atoms in total. The molecule has 1 unspecified atom stereocenters. The van der Waals surface area contributed by atoms with Gasteiger partial charge in [-0.2, -0.15) is 0 Å². The van der Waals surface area contributed by atoms with Gasteiger partial charge in [-0.25, -0.2) is 0 Å². The van der Waals surface area contributed by atoms with E-state index in [-0.39, 0.29) is 11.9 Å². The number of para-hydroxylation sites is 1. The van der Waals surface area contributed by atoms with E-state index in [2.05, 4.69) is 11.4 Å². The van der Waals surface area contributed by atoms with Crippen molar-refractivity contribution in [1.82, 2.24) is 5.32 Å². The van der Waals surface area contributed by atoms with Gasteiger partial charge in [0.05, 0.1) is 13.2 Å². The first kappa shape index (κ1) is 10.7. The molecule has 1 aromatic carbocycles. The number of hydrogen-bond acceptors (Lipinski definition) is 3. The van der Waals surface area contributed by atoms with Crippen LogP contribution in [-0.2, 0) is 16.0 Å². The van der Waals surface area contributed by atoms with Crippen LogP contribution in [0.3, 0.4) is 0 Å². The van der Waals surface area contributed by atoms with Crippen molar-refractivity contribution in [2.45, 2.75) is 12.5 Å². The number of amides is 1. The number of nitrogens with one attached hydrogen (secondary N) is 1. The van der Waals surface area contributed by atoms with Crippen LogP contribution in [0.15, 0.2) is 24.3 Å². The average molecular weight is 232 g/mol. The maximum atomic E-state index is 12.3. The minimum Gasteiger partial charge on any atom is -0.378 e. The lowest BCUT2D eigenvalue weighted by Crippen LogP contribution is -2.52. The Morgan fingerprint density at radius 1 is 1.41 bits per heavy atom. The Morgan fingerprint density at radius 3 is 3.12 bits per heavy atom. The van der Waals surface area contributed by atoms with E-state index in [4.69, 9.17) is 4.74 Å². The monoisotopic (exact) mass is 232 g/mol. The van der Waals surface area contributed by atoms with E-state index >= 15 is 0 Å². The fourth-order valence-electron chi connectivity index (χ4n) is 2.48. The summed E-state index contributed by atoms with van der Waals surface area (Å²) in [5.74, 6) is 0.134. The molecule has 2 heterocycles. The third kappa shape index (κ3) is 1.94. The Morgan fingerprint density at radius 2 is 2.29 bits per heavy atom. The molecule has 0 spiro atoms. The number of fused-ring (bicyclic) bond motifs is 1. The van der Waals surface area contributed by atoms with Crippen LogP contribution in [0.5, 0.6) is 0 Å². The highest BCUT2D eigenvalue weighted by Crippen LogP contribution is 2.27. The van der Waals surface area contributed by atoms with E-state index in [1.807, 2.05) is 23.1 Å². The van der Waals surface area contributed by atoms with Crippen LogP contribution >= 0.6 is 0 Å². The van der Waals surface area contributed by atoms with Gasteiger partial charge >= 0.3 is 0 Å². The fourth-order valence-corrected chi connectivity index (χ4v) is 2.48. The number of morpholine rings is 1. The number of carbonyl (C=O) groups excluding carboxylic acids is 1. The zero-order valence-corrected chi connectivity index (χ0v) is 9.69. The number of hydrogen-bond donors (Lipinski definition) is 1. The SMILES string of the molecule is O=C(C1COCCN1)N1CCc2ccccc21. The van der Waals surface area contributed by atoms with E-state index in [0.29, 0.717) is 13.2 Å². The third-order valence-corrected chi connectivity index (χ3v) is 3.37. The summed E-state index contributed by atoms with van der Waals surface area (Å²) in [7, 11) is 0. The first-order valence-electron chi connectivity index (χ1n) is 6.06. The number of benzene rings is 1. The molecule has 1 fully saturated rings. The third-order valence-electron chi connectivity index (χ3n) is 3.37. The molecular formula is C13H16N2O2. The Hall–Kier alpha value is -1.39. The van der Waals surface area contributed by atoms with Crippen LogP contribution in [0.4, 0.5) is 5.69 Å². The Labute approximate surface area is 101 Å². The molecule has 3 rings (SSSR count). The number of carbonyl (C=O) groups is 1. The first-order valence-corrected chi connectivity index (χ1v) is 6.06. The molecule has 1 N–H and O–H groups in total. The molecule has 1 atom stereocenters. The van der Waals surface area contributed by atoms with Gasteiger partial charge in [-0.05, 0) is 18.1 Å². The predicted octanol–water partition coefficient (Wildman–Crippen LogP) is 0.564. The average Bonchev–Trinajstić information content (AvgIpc) is 2.83. The molecule has 1 aromatic rings. The zero-order chi connectivity index (χ0) is 11.7. The van der Waals surface area contributed by atoms with Crippen LogP contribution in [-0.4, -0.2) is 38.3 Å². The normalized spacial score (nSPS) is 23.5. The van der Waals surface area contributed by atoms with Crippen LogP contribution in [0, 0.1) is 0 Å². The summed E-state index contributed by atoms with van der Waals surface area (Å²) < 4.78 is 5.34. The van der Waals surface area contributed by atoms with E-state index in [1.54, 1.807) is 0 Å². The van der Waals surface area contributed by atoms with Crippen molar-refractivity contribution in [1.29, 1.82) is 0 Å². The summed E-state index contributed by atoms with van der Waals surface area (Å²) in [6.45, 7) is 2.72. The summed E-state index contributed by atoms with van der Waals surface area (Å²) in [5, 5.41) is 3.21. The van der Waals surface area contributed by atoms with E-state index in [9.17, 15) is 4.79 Å². The van der Waals surface area contributed by atoms with Gasteiger partial charge in [0, 0.05) is 18.8 Å². The molecule has 0 saturated carbocycles. The second kappa shape index (κ2) is 4.47. The van der Waals surface area contributed by atoms with Crippen molar-refractivity contribution >= 4 is 11.6 Å². The second-order valence-corrected chi connectivity index (χ2v) is 4.45. The summed E-state index contributed by atoms with van der Waals surface area (Å²) in [6.07, 6.45) is 0.954. The highest BCUT2D eigenvalue weighted by atomic mass is 16.5. The Kier molecular flexibility index (Phi) is 2.82. The van der Waals surface area contributed by atoms with Gasteiger partial charge in [0.2, 0.25) is 5.91 Å². The summed E-state index contributed by atoms with van der Waals surface area (Å²) >= 11 is 0. The summed E-state index contributed by atoms with van der Waals surface area (Å²) in [5.41, 5.74) is 2.32. The van der Waals surface area contributed by atoms with Gasteiger partial charge < -0.3 is 15.0 Å². The van der Waals surface area contributed by atoms with Crippen molar-refractivity contribution in [3.05, 3.63) is 29.8 Å². The second-order valence-electron chi connectivity index (χ2n) is 4.45. The van der Waals surface area contributed by atoms with Gasteiger partial charge in [0.1, 0.15) is 6.04 Å². The maximum Gasteiger partial charge on any atom is 0.246 e. The topological polar surface area (TPSA) is 41.6 Å². The van der Waals surface area contributed by atoms with E-state index in [1.165, 1.54) is 5.56 Å². The molecule has 0 radical (unpaired) electrons. The lowest BCUT2D eigenvalue weighted by Gasteiger charge is -2.27. The maximum absolute atomic E-state index is 12.3. The molecular weight excluding hydrogens is 216 g/mol. The molecule has 0 aliphatic carbocycles. The van der Waals surface area contributed by atoms with Crippen molar-refractivity contribution in [3.8, 4) is 0 Å². The van der Waals surface area contributed by atoms with Gasteiger partial charge in [-0.15, -0.1) is 0 Å². The largest absolute Gasteiger partial charge is 0.378 e. The van der Waals surface area contributed by atoms with Crippen LogP contribution in [0.1, 0.15) is 5.56 Å². The Bertz CT molecular complexity index is 427. The first-order chi connectivity index (χ1) is 8.36. The van der Waals surface area contributed by atoms with Gasteiger partial charge in [-0.1, -0.05) is 18.2 Å². The van der Waals surface area contributed by atoms with Crippen molar-refractivity contribution in [2.24, 2.45) is 0 Å². The van der Waals surface area contributed by atoms with Crippen molar-refractivity contribution < 1.29 is 9.53 Å². The summed E-state index contributed by atoms with van der Waals surface area (Å²) in [4.78, 5) is 14.2. The smallest absolute Gasteiger partial charge is 0.246 e. The quantitative estimate of drug-likeness (QED) is 0.769. The lowest BCUT2D eigenvalue weighted by atomic mass is 10.2. The highest BCUT2D eigenvalue weighted by molar-refractivity contribution is 5.99. The van der Waals surface area contributed by atoms with Crippen LogP contribution in [0.25, 0.3) is 0 Å². The van der Waals surface area contributed by atoms with Crippen molar-refractivity contribution in [2.75, 3.05) is 31.2 Å². The minimum absolute atomic E-state index is 0.134. The van der Waals surface area contributed by atoms with Gasteiger partial charge in [0.15, 0.2) is 0 Å². The van der Waals surface area contributed by atoms with Crippen molar-refractivity contribution in [3.63, 3.8) is 0 Å². The van der Waals surface area contributed by atoms with E-state index in [0.717, 1.165) is 25.2 Å². The molecule has 1 saturated heterocycles. The highest BCUT2D eigenvalue weighted by Gasteiger charge is 2.30. The molecule has 4 heteroatoms. The lowest BCUT2D eigenvalue weighted by molar-refractivity contribution is -0.123. The molecule has 2 aliphatic rings. The number of anilines is 1. The van der Waals surface area contributed by atoms with E-state index < -0.39 is 0 Å². The standard InChI is InChI=1S/C13H16N2O2/c16-13(11-9-17-8-6-14-11)15-7-5-10-3-1-2-4-12(10)15/h1-4,11,14H,5-9H2.